The van der Waals surface area contributed by atoms with Gasteiger partial charge in [0.1, 0.15) is 0 Å². The molecule has 0 saturated carbocycles. The maximum Gasteiger partial charge on any atom is 0.288 e. The van der Waals surface area contributed by atoms with Gasteiger partial charge in [0.2, 0.25) is 0 Å². The molecule has 9 nitrogen and oxygen atoms in total. The Hall–Kier alpha value is -3.10. The average Bonchev–Trinajstić information content (AvgIpc) is 3.07. The van der Waals surface area contributed by atoms with Crippen LogP contribution in [0.4, 0.5) is 5.95 Å². The summed E-state index contributed by atoms with van der Waals surface area (Å²) in [6.45, 7) is 1.42. The summed E-state index contributed by atoms with van der Waals surface area (Å²) in [4.78, 5) is 28.9. The molecule has 0 radical (unpaired) electrons. The molecule has 1 atom stereocenters. The van der Waals surface area contributed by atoms with Crippen molar-refractivity contribution < 1.29 is 14.7 Å². The van der Waals surface area contributed by atoms with E-state index >= 15 is 0 Å². The second kappa shape index (κ2) is 4.78. The Morgan fingerprint density at radius 2 is 1.90 bits per heavy atom. The minimum Gasteiger partial charge on any atom is -0.860 e. The Balaban J connectivity index is 1.92. The summed E-state index contributed by atoms with van der Waals surface area (Å²) in [5.74, 6) is -1.88. The molecule has 0 aliphatic carbocycles. The summed E-state index contributed by atoms with van der Waals surface area (Å²) in [7, 11) is 0. The summed E-state index contributed by atoms with van der Waals surface area (Å²) in [5.41, 5.74) is 0.559. The van der Waals surface area contributed by atoms with E-state index < -0.39 is 23.8 Å². The summed E-state index contributed by atoms with van der Waals surface area (Å²) in [6.07, 6.45) is 0. The third-order valence-corrected chi connectivity index (χ3v) is 3.11. The number of benzene rings is 1. The molecule has 1 aromatic heterocycles. The molecule has 9 heteroatoms. The molecule has 0 bridgehead atoms. The normalized spacial score (nSPS) is 16.2. The second-order valence-electron chi connectivity index (χ2n) is 4.36. The van der Waals surface area contributed by atoms with Gasteiger partial charge in [-0.2, -0.15) is 5.21 Å². The first-order valence-electron chi connectivity index (χ1n) is 6.05. The number of nitrogens with one attached hydrogen (secondary N) is 1. The lowest BCUT2D eigenvalue weighted by Gasteiger charge is -2.26. The molecule has 2 aromatic rings. The molecular formula is C12H9N6O3-. The van der Waals surface area contributed by atoms with Gasteiger partial charge in [0.25, 0.3) is 17.8 Å². The number of amides is 2. The van der Waals surface area contributed by atoms with Gasteiger partial charge in [0.05, 0.1) is 17.2 Å². The molecule has 0 unspecified atom stereocenters. The van der Waals surface area contributed by atoms with Crippen LogP contribution in [0.25, 0.3) is 0 Å². The fraction of sp³-hybridized carbons (Fsp3) is 0.167. The van der Waals surface area contributed by atoms with Crippen molar-refractivity contribution in [2.45, 2.75) is 13.0 Å². The minimum atomic E-state index is -1.05. The van der Waals surface area contributed by atoms with Gasteiger partial charge in [-0.05, 0) is 30.2 Å². The lowest BCUT2D eigenvalue weighted by molar-refractivity contribution is -0.222. The minimum absolute atomic E-state index is 0.150. The number of rotatable bonds is 3. The van der Waals surface area contributed by atoms with E-state index in [0.717, 1.165) is 4.90 Å². The number of aromatic amines is 1. The van der Waals surface area contributed by atoms with Crippen LogP contribution < -0.4 is 5.11 Å². The first-order chi connectivity index (χ1) is 10.1. The van der Waals surface area contributed by atoms with Crippen LogP contribution in [0.1, 0.15) is 27.6 Å². The molecule has 0 spiro atoms. The number of aliphatic imine (C=N–C) groups is 1. The summed E-state index contributed by atoms with van der Waals surface area (Å²) in [5, 5.41) is 24.5. The number of aromatic nitrogens is 4. The van der Waals surface area contributed by atoms with Crippen molar-refractivity contribution in [2.24, 2.45) is 4.99 Å². The van der Waals surface area contributed by atoms with Crippen LogP contribution >= 0.6 is 0 Å². The average molecular weight is 285 g/mol. The molecule has 1 aliphatic rings. The van der Waals surface area contributed by atoms with Gasteiger partial charge >= 0.3 is 0 Å². The van der Waals surface area contributed by atoms with Gasteiger partial charge in [-0.3, -0.25) is 14.5 Å². The van der Waals surface area contributed by atoms with Crippen LogP contribution in [0.5, 0.6) is 0 Å². The van der Waals surface area contributed by atoms with E-state index in [1.165, 1.54) is 6.92 Å². The van der Waals surface area contributed by atoms with E-state index in [2.05, 4.69) is 25.6 Å². The Morgan fingerprint density at radius 3 is 2.43 bits per heavy atom. The molecule has 106 valence electrons. The zero-order valence-electron chi connectivity index (χ0n) is 10.8. The number of tetrazole rings is 1. The van der Waals surface area contributed by atoms with Gasteiger partial charge in [-0.15, -0.1) is 5.10 Å². The molecule has 1 aliphatic heterocycles. The van der Waals surface area contributed by atoms with Crippen LogP contribution in [-0.4, -0.2) is 49.3 Å². The van der Waals surface area contributed by atoms with Crippen LogP contribution in [-0.2, 0) is 0 Å². The van der Waals surface area contributed by atoms with Crippen molar-refractivity contribution >= 4 is 23.7 Å². The highest BCUT2D eigenvalue weighted by atomic mass is 16.3. The van der Waals surface area contributed by atoms with Crippen LogP contribution in [0, 0.1) is 0 Å². The second-order valence-corrected chi connectivity index (χ2v) is 4.36. The fourth-order valence-corrected chi connectivity index (χ4v) is 2.07. The predicted molar refractivity (Wildman–Crippen MR) is 67.7 cm³/mol. The summed E-state index contributed by atoms with van der Waals surface area (Å²) >= 11 is 0. The van der Waals surface area contributed by atoms with Crippen LogP contribution in [0.15, 0.2) is 29.3 Å². The molecule has 3 rings (SSSR count). The van der Waals surface area contributed by atoms with Crippen molar-refractivity contribution in [1.29, 1.82) is 0 Å². The summed E-state index contributed by atoms with van der Waals surface area (Å²) in [6, 6.07) is 5.36. The maximum absolute atomic E-state index is 12.2. The van der Waals surface area contributed by atoms with Crippen LogP contribution in [0.3, 0.4) is 0 Å². The summed E-state index contributed by atoms with van der Waals surface area (Å²) < 4.78 is 0. The van der Waals surface area contributed by atoms with E-state index in [-0.39, 0.29) is 17.1 Å². The number of hydrogen-bond acceptors (Lipinski definition) is 7. The standard InChI is InChI=1S/C12H10N6O3/c1-6(9(19)13-12-14-16-17-15-12)18-10(20)7-4-2-3-5-8(7)11(18)21/h2-6H,1H3,(H2,13,14,15,16,17,19)/p-1/t6-/m1/s1. The molecule has 2 heterocycles. The Morgan fingerprint density at radius 1 is 1.29 bits per heavy atom. The van der Waals surface area contributed by atoms with Crippen molar-refractivity contribution in [2.75, 3.05) is 0 Å². The highest BCUT2D eigenvalue weighted by Crippen LogP contribution is 2.24. The number of nitrogens with zero attached hydrogens (tertiary/aromatic N) is 5. The van der Waals surface area contributed by atoms with E-state index in [0.29, 0.717) is 0 Å². The van der Waals surface area contributed by atoms with Gasteiger partial charge < -0.3 is 5.11 Å². The lowest BCUT2D eigenvalue weighted by atomic mass is 10.1. The number of H-pyrrole nitrogens is 1. The Bertz CT molecular complexity index is 704. The number of carbonyl (C=O) groups is 2. The highest BCUT2D eigenvalue weighted by molar-refractivity contribution is 6.22. The Kier molecular flexibility index (Phi) is 2.94. The van der Waals surface area contributed by atoms with Crippen molar-refractivity contribution in [3.05, 3.63) is 35.4 Å². The topological polar surface area (TPSA) is 127 Å². The lowest BCUT2D eigenvalue weighted by Crippen LogP contribution is -2.47. The number of fused-ring (bicyclic) bond motifs is 1. The van der Waals surface area contributed by atoms with E-state index in [1.807, 2.05) is 0 Å². The third-order valence-electron chi connectivity index (χ3n) is 3.11. The molecule has 1 N–H and O–H groups in total. The van der Waals surface area contributed by atoms with Gasteiger partial charge in [0.15, 0.2) is 0 Å². The molecule has 1 aromatic carbocycles. The monoisotopic (exact) mass is 285 g/mol. The predicted octanol–water partition coefficient (Wildman–Crippen LogP) is -0.725. The Labute approximate surface area is 118 Å². The van der Waals surface area contributed by atoms with Gasteiger partial charge in [-0.1, -0.05) is 17.2 Å². The quantitative estimate of drug-likeness (QED) is 0.450. The van der Waals surface area contributed by atoms with E-state index in [1.54, 1.807) is 24.3 Å². The first-order valence-corrected chi connectivity index (χ1v) is 6.05. The van der Waals surface area contributed by atoms with Gasteiger partial charge in [0, 0.05) is 0 Å². The first kappa shape index (κ1) is 12.9. The molecule has 21 heavy (non-hydrogen) atoms. The largest absolute Gasteiger partial charge is 0.860 e. The number of hydrogen-bond donors (Lipinski definition) is 1. The van der Waals surface area contributed by atoms with Gasteiger partial charge in [-0.25, -0.2) is 4.99 Å². The highest BCUT2D eigenvalue weighted by Gasteiger charge is 2.38. The number of imide groups is 1. The third kappa shape index (κ3) is 2.04. The van der Waals surface area contributed by atoms with Crippen molar-refractivity contribution in [3.63, 3.8) is 0 Å². The molecule has 0 saturated heterocycles. The van der Waals surface area contributed by atoms with Crippen LogP contribution in [0.2, 0.25) is 0 Å². The zero-order chi connectivity index (χ0) is 15.0. The van der Waals surface area contributed by atoms with E-state index in [9.17, 15) is 14.7 Å². The smallest absolute Gasteiger partial charge is 0.288 e. The molecule has 0 fully saturated rings. The van der Waals surface area contributed by atoms with Crippen molar-refractivity contribution in [3.8, 4) is 0 Å². The van der Waals surface area contributed by atoms with Crippen molar-refractivity contribution in [1.82, 2.24) is 25.5 Å². The maximum atomic E-state index is 12.2. The number of carbonyl (C=O) groups excluding carboxylic acids is 2. The fourth-order valence-electron chi connectivity index (χ4n) is 2.07. The SMILES string of the molecule is C[C@H](C([O-])=Nc1nn[nH]n1)N1C(=O)c2ccccc2C1=O. The zero-order valence-corrected chi connectivity index (χ0v) is 10.8. The molecule has 2 amide bonds. The molecular weight excluding hydrogens is 276 g/mol. The van der Waals surface area contributed by atoms with E-state index in [4.69, 9.17) is 0 Å².